The van der Waals surface area contributed by atoms with Crippen LogP contribution in [0.25, 0.3) is 33.4 Å². The minimum Gasteiger partial charge on any atom is -0.342 e. The lowest BCUT2D eigenvalue weighted by Gasteiger charge is -2.31. The first-order valence-electron chi connectivity index (χ1n) is 11.1. The van der Waals surface area contributed by atoms with E-state index in [9.17, 15) is 0 Å². The van der Waals surface area contributed by atoms with E-state index in [0.29, 0.717) is 0 Å². The molecule has 2 aromatic carbocycles. The molecule has 4 aromatic rings. The number of nitrogens with zero attached hydrogens (tertiary/aromatic N) is 4. The Hall–Kier alpha value is -2.85. The van der Waals surface area contributed by atoms with Crippen molar-refractivity contribution in [1.29, 1.82) is 0 Å². The molecule has 3 heterocycles. The molecular weight excluding hydrogens is 404 g/mol. The van der Waals surface area contributed by atoms with Crippen LogP contribution in [-0.2, 0) is 6.54 Å². The van der Waals surface area contributed by atoms with Gasteiger partial charge in [-0.2, -0.15) is 0 Å². The summed E-state index contributed by atoms with van der Waals surface area (Å²) in [6.07, 6.45) is 4.40. The van der Waals surface area contributed by atoms with Gasteiger partial charge in [-0.1, -0.05) is 42.8 Å². The van der Waals surface area contributed by atoms with E-state index in [1.807, 2.05) is 30.5 Å². The maximum atomic E-state index is 6.01. The minimum absolute atomic E-state index is 0.742. The highest BCUT2D eigenvalue weighted by Crippen LogP contribution is 2.30. The Bertz CT molecular complexity index is 1190. The van der Waals surface area contributed by atoms with Gasteiger partial charge in [0.15, 0.2) is 0 Å². The molecule has 1 saturated heterocycles. The second-order valence-electron chi connectivity index (χ2n) is 8.47. The highest BCUT2D eigenvalue weighted by molar-refractivity contribution is 6.30. The summed E-state index contributed by atoms with van der Waals surface area (Å²) in [6.45, 7) is 7.64. The first kappa shape index (κ1) is 20.1. The van der Waals surface area contributed by atoms with Crippen molar-refractivity contribution in [3.8, 4) is 22.4 Å². The first-order chi connectivity index (χ1) is 15.1. The van der Waals surface area contributed by atoms with E-state index in [1.54, 1.807) is 0 Å². The first-order valence-corrected chi connectivity index (χ1v) is 11.5. The fraction of sp³-hybridized carbons (Fsp3) is 0.308. The molecule has 5 rings (SSSR count). The molecule has 5 heteroatoms. The summed E-state index contributed by atoms with van der Waals surface area (Å²) in [4.78, 5) is 12.2. The molecule has 2 aromatic heterocycles. The van der Waals surface area contributed by atoms with Gasteiger partial charge in [0.2, 0.25) is 5.95 Å². The van der Waals surface area contributed by atoms with Crippen molar-refractivity contribution >= 4 is 28.6 Å². The fourth-order valence-electron chi connectivity index (χ4n) is 4.42. The molecule has 1 fully saturated rings. The summed E-state index contributed by atoms with van der Waals surface area (Å²) in [6, 6.07) is 18.6. The Balaban J connectivity index is 1.46. The SMILES string of the molecule is CCn1c(N2CCC(C)CC2)nc2cc(-c3ccc(-c4ccc(Cl)cc4)cn3)ccc21. The second-order valence-corrected chi connectivity index (χ2v) is 8.90. The Morgan fingerprint density at radius 3 is 2.32 bits per heavy atom. The molecule has 1 aliphatic heterocycles. The summed E-state index contributed by atoms with van der Waals surface area (Å²) in [5, 5.41) is 0.742. The standard InChI is InChI=1S/C26H27ClN4/c1-3-31-25-11-7-20(16-24(25)29-26(31)30-14-12-18(2)13-15-30)23-10-6-21(17-28-23)19-4-8-22(27)9-5-19/h4-11,16-18H,3,12-15H2,1-2H3. The van der Waals surface area contributed by atoms with Gasteiger partial charge < -0.3 is 9.47 Å². The van der Waals surface area contributed by atoms with Gasteiger partial charge in [0.1, 0.15) is 0 Å². The van der Waals surface area contributed by atoms with Crippen LogP contribution in [-0.4, -0.2) is 27.6 Å². The number of fused-ring (bicyclic) bond motifs is 1. The van der Waals surface area contributed by atoms with Crippen LogP contribution in [0.3, 0.4) is 0 Å². The average molecular weight is 431 g/mol. The van der Waals surface area contributed by atoms with Crippen molar-refractivity contribution in [2.75, 3.05) is 18.0 Å². The Labute approximate surface area is 188 Å². The summed E-state index contributed by atoms with van der Waals surface area (Å²) >= 11 is 6.01. The van der Waals surface area contributed by atoms with Crippen molar-refractivity contribution in [2.45, 2.75) is 33.2 Å². The quantitative estimate of drug-likeness (QED) is 0.362. The molecule has 1 aliphatic rings. The number of aryl methyl sites for hydroxylation is 1. The zero-order valence-corrected chi connectivity index (χ0v) is 18.8. The van der Waals surface area contributed by atoms with Gasteiger partial charge in [0.05, 0.1) is 16.7 Å². The molecule has 0 atom stereocenters. The van der Waals surface area contributed by atoms with E-state index in [0.717, 1.165) is 64.4 Å². The number of imidazole rings is 1. The lowest BCUT2D eigenvalue weighted by atomic mass is 10.00. The monoisotopic (exact) mass is 430 g/mol. The van der Waals surface area contributed by atoms with Crippen LogP contribution >= 0.6 is 11.6 Å². The summed E-state index contributed by atoms with van der Waals surface area (Å²) in [5.74, 6) is 1.91. The molecule has 31 heavy (non-hydrogen) atoms. The second kappa shape index (κ2) is 8.35. The number of anilines is 1. The number of aromatic nitrogens is 3. The molecule has 0 aliphatic carbocycles. The van der Waals surface area contributed by atoms with Gasteiger partial charge in [-0.15, -0.1) is 0 Å². The van der Waals surface area contributed by atoms with Crippen LogP contribution in [0.4, 0.5) is 5.95 Å². The van der Waals surface area contributed by atoms with E-state index >= 15 is 0 Å². The van der Waals surface area contributed by atoms with Gasteiger partial charge >= 0.3 is 0 Å². The highest BCUT2D eigenvalue weighted by atomic mass is 35.5. The van der Waals surface area contributed by atoms with E-state index in [4.69, 9.17) is 21.6 Å². The van der Waals surface area contributed by atoms with E-state index < -0.39 is 0 Å². The highest BCUT2D eigenvalue weighted by Gasteiger charge is 2.21. The van der Waals surface area contributed by atoms with Crippen LogP contribution in [0.5, 0.6) is 0 Å². The number of hydrogen-bond acceptors (Lipinski definition) is 3. The predicted molar refractivity (Wildman–Crippen MR) is 130 cm³/mol. The normalized spacial score (nSPS) is 15.0. The third-order valence-corrected chi connectivity index (χ3v) is 6.60. The van der Waals surface area contributed by atoms with Gasteiger partial charge in [0.25, 0.3) is 0 Å². The van der Waals surface area contributed by atoms with E-state index in [1.165, 1.54) is 18.4 Å². The molecule has 0 radical (unpaired) electrons. The zero-order valence-electron chi connectivity index (χ0n) is 18.1. The summed E-state index contributed by atoms with van der Waals surface area (Å²) in [7, 11) is 0. The Kier molecular flexibility index (Phi) is 5.41. The summed E-state index contributed by atoms with van der Waals surface area (Å²) in [5.41, 5.74) is 6.47. The van der Waals surface area contributed by atoms with Crippen molar-refractivity contribution in [3.05, 3.63) is 65.8 Å². The van der Waals surface area contributed by atoms with Crippen LogP contribution in [0.1, 0.15) is 26.7 Å². The topological polar surface area (TPSA) is 34.0 Å². The predicted octanol–water partition coefficient (Wildman–Crippen LogP) is 6.67. The number of rotatable bonds is 4. The van der Waals surface area contributed by atoms with Gasteiger partial charge in [-0.05, 0) is 61.6 Å². The van der Waals surface area contributed by atoms with Gasteiger partial charge in [0, 0.05) is 42.0 Å². The third kappa shape index (κ3) is 3.92. The van der Waals surface area contributed by atoms with Crippen LogP contribution in [0.2, 0.25) is 5.02 Å². The molecular formula is C26H27ClN4. The van der Waals surface area contributed by atoms with Crippen LogP contribution in [0, 0.1) is 5.92 Å². The fourth-order valence-corrected chi connectivity index (χ4v) is 4.54. The van der Waals surface area contributed by atoms with Gasteiger partial charge in [-0.3, -0.25) is 4.98 Å². The number of pyridine rings is 1. The number of halogens is 1. The molecule has 0 saturated carbocycles. The van der Waals surface area contributed by atoms with Crippen LogP contribution in [0.15, 0.2) is 60.8 Å². The van der Waals surface area contributed by atoms with E-state index in [2.05, 4.69) is 53.6 Å². The molecule has 158 valence electrons. The zero-order chi connectivity index (χ0) is 21.4. The number of hydrogen-bond donors (Lipinski definition) is 0. The lowest BCUT2D eigenvalue weighted by Crippen LogP contribution is -2.34. The molecule has 4 nitrogen and oxygen atoms in total. The van der Waals surface area contributed by atoms with Crippen LogP contribution < -0.4 is 4.90 Å². The molecule has 0 unspecified atom stereocenters. The summed E-state index contributed by atoms with van der Waals surface area (Å²) < 4.78 is 2.34. The number of benzene rings is 2. The van der Waals surface area contributed by atoms with E-state index in [-0.39, 0.29) is 0 Å². The lowest BCUT2D eigenvalue weighted by molar-refractivity contribution is 0.431. The molecule has 0 amide bonds. The van der Waals surface area contributed by atoms with Crippen molar-refractivity contribution in [1.82, 2.24) is 14.5 Å². The largest absolute Gasteiger partial charge is 0.342 e. The Morgan fingerprint density at radius 1 is 0.935 bits per heavy atom. The molecule has 0 spiro atoms. The van der Waals surface area contributed by atoms with Gasteiger partial charge in [-0.25, -0.2) is 4.98 Å². The minimum atomic E-state index is 0.742. The van der Waals surface area contributed by atoms with Crippen molar-refractivity contribution < 1.29 is 0 Å². The Morgan fingerprint density at radius 2 is 1.65 bits per heavy atom. The van der Waals surface area contributed by atoms with Crippen molar-refractivity contribution in [2.24, 2.45) is 5.92 Å². The third-order valence-electron chi connectivity index (χ3n) is 6.35. The molecule has 0 bridgehead atoms. The average Bonchev–Trinajstić information content (AvgIpc) is 3.18. The molecule has 0 N–H and O–H groups in total. The smallest absolute Gasteiger partial charge is 0.206 e. The maximum Gasteiger partial charge on any atom is 0.206 e. The van der Waals surface area contributed by atoms with Crippen molar-refractivity contribution in [3.63, 3.8) is 0 Å². The maximum absolute atomic E-state index is 6.01. The number of piperidine rings is 1.